The van der Waals surface area contributed by atoms with Gasteiger partial charge >= 0.3 is 0 Å². The monoisotopic (exact) mass is 406 g/mol. The molecule has 1 unspecified atom stereocenters. The fourth-order valence-electron chi connectivity index (χ4n) is 3.78. The first-order valence-electron chi connectivity index (χ1n) is 10.1. The van der Waals surface area contributed by atoms with Gasteiger partial charge in [0.05, 0.1) is 17.4 Å². The molecular formula is C23H26N4O3. The summed E-state index contributed by atoms with van der Waals surface area (Å²) in [5.41, 5.74) is 2.57. The molecule has 0 radical (unpaired) electrons. The Morgan fingerprint density at radius 1 is 1.10 bits per heavy atom. The number of nitrogens with one attached hydrogen (secondary N) is 1. The van der Waals surface area contributed by atoms with E-state index in [4.69, 9.17) is 4.74 Å². The molecule has 0 saturated heterocycles. The first-order valence-corrected chi connectivity index (χ1v) is 10.1. The van der Waals surface area contributed by atoms with Gasteiger partial charge in [0.2, 0.25) is 5.91 Å². The Morgan fingerprint density at radius 3 is 2.57 bits per heavy atom. The van der Waals surface area contributed by atoms with Crippen molar-refractivity contribution in [2.75, 3.05) is 18.5 Å². The molecule has 1 atom stereocenters. The smallest absolute Gasteiger partial charge is 0.295 e. The van der Waals surface area contributed by atoms with Crippen LogP contribution < -0.4 is 15.6 Å². The molecule has 0 spiro atoms. The number of hydrogen-bond acceptors (Lipinski definition) is 4. The highest BCUT2D eigenvalue weighted by Gasteiger charge is 2.27. The number of benzene rings is 2. The third-order valence-electron chi connectivity index (χ3n) is 5.71. The number of carbonyl (C=O) groups excluding carboxylic acids is 1. The lowest BCUT2D eigenvalue weighted by Gasteiger charge is -2.25. The van der Waals surface area contributed by atoms with Gasteiger partial charge in [-0.3, -0.25) is 19.2 Å². The number of amides is 1. The van der Waals surface area contributed by atoms with E-state index in [9.17, 15) is 9.59 Å². The third kappa shape index (κ3) is 3.64. The summed E-state index contributed by atoms with van der Waals surface area (Å²) < 4.78 is 9.12. The van der Waals surface area contributed by atoms with Crippen molar-refractivity contribution < 1.29 is 9.53 Å². The predicted molar refractivity (Wildman–Crippen MR) is 116 cm³/mol. The maximum Gasteiger partial charge on any atom is 0.295 e. The molecule has 0 saturated carbocycles. The summed E-state index contributed by atoms with van der Waals surface area (Å²) in [5.74, 6) is 0.651. The Labute approximate surface area is 175 Å². The molecule has 2 aromatic carbocycles. The molecule has 0 fully saturated rings. The second kappa shape index (κ2) is 8.20. The highest BCUT2D eigenvalue weighted by atomic mass is 16.5. The van der Waals surface area contributed by atoms with E-state index in [2.05, 4.69) is 10.2 Å². The van der Waals surface area contributed by atoms with Crippen molar-refractivity contribution in [2.45, 2.75) is 26.4 Å². The fourth-order valence-corrected chi connectivity index (χ4v) is 3.78. The Kier molecular flexibility index (Phi) is 5.46. The van der Waals surface area contributed by atoms with Crippen molar-refractivity contribution in [1.29, 1.82) is 0 Å². The zero-order valence-electron chi connectivity index (χ0n) is 17.5. The summed E-state index contributed by atoms with van der Waals surface area (Å²) in [4.78, 5) is 28.2. The number of hydrogen-bond donors (Lipinski definition) is 1. The van der Waals surface area contributed by atoms with Crippen LogP contribution in [0, 0.1) is 6.92 Å². The molecule has 0 bridgehead atoms. The first kappa shape index (κ1) is 20.0. The van der Waals surface area contributed by atoms with Crippen molar-refractivity contribution in [1.82, 2.24) is 14.3 Å². The van der Waals surface area contributed by atoms with E-state index in [1.807, 2.05) is 75.5 Å². The molecule has 7 heteroatoms. The van der Waals surface area contributed by atoms with Crippen molar-refractivity contribution in [3.8, 4) is 11.4 Å². The number of carbonyl (C=O) groups is 1. The van der Waals surface area contributed by atoms with E-state index >= 15 is 0 Å². The molecule has 1 aromatic heterocycles. The molecule has 1 aliphatic rings. The maximum atomic E-state index is 13.1. The molecule has 2 heterocycles. The Balaban J connectivity index is 1.56. The van der Waals surface area contributed by atoms with Crippen LogP contribution >= 0.6 is 0 Å². The number of ether oxygens (including phenoxy) is 1. The Bertz CT molecular complexity index is 1120. The molecule has 7 nitrogen and oxygen atoms in total. The van der Waals surface area contributed by atoms with Crippen LogP contribution in [0.3, 0.4) is 0 Å². The van der Waals surface area contributed by atoms with Gasteiger partial charge in [-0.15, -0.1) is 0 Å². The number of rotatable bonds is 4. The highest BCUT2D eigenvalue weighted by Crippen LogP contribution is 2.24. The van der Waals surface area contributed by atoms with Crippen molar-refractivity contribution in [3.63, 3.8) is 0 Å². The van der Waals surface area contributed by atoms with E-state index in [-0.39, 0.29) is 11.5 Å². The third-order valence-corrected chi connectivity index (χ3v) is 5.71. The molecule has 1 N–H and O–H groups in total. The van der Waals surface area contributed by atoms with E-state index < -0.39 is 6.04 Å². The summed E-state index contributed by atoms with van der Waals surface area (Å²) >= 11 is 0. The largest absolute Gasteiger partial charge is 0.492 e. The lowest BCUT2D eigenvalue weighted by molar-refractivity contribution is -0.121. The summed E-state index contributed by atoms with van der Waals surface area (Å²) in [6, 6.07) is 16.8. The van der Waals surface area contributed by atoms with Gasteiger partial charge in [-0.05, 0) is 32.0 Å². The number of aromatic nitrogens is 2. The van der Waals surface area contributed by atoms with Crippen molar-refractivity contribution in [3.05, 3.63) is 76.2 Å². The first-order chi connectivity index (χ1) is 14.5. The molecule has 156 valence electrons. The van der Waals surface area contributed by atoms with Crippen LogP contribution in [0.25, 0.3) is 5.69 Å². The molecule has 30 heavy (non-hydrogen) atoms. The van der Waals surface area contributed by atoms with Gasteiger partial charge in [0.25, 0.3) is 5.56 Å². The second-order valence-electron chi connectivity index (χ2n) is 7.53. The van der Waals surface area contributed by atoms with Gasteiger partial charge in [0.1, 0.15) is 18.0 Å². The number of fused-ring (bicyclic) bond motifs is 1. The second-order valence-corrected chi connectivity index (χ2v) is 7.53. The van der Waals surface area contributed by atoms with Crippen LogP contribution in [0.2, 0.25) is 0 Å². The average molecular weight is 406 g/mol. The summed E-state index contributed by atoms with van der Waals surface area (Å²) in [6.45, 7) is 5.45. The van der Waals surface area contributed by atoms with Gasteiger partial charge in [-0.25, -0.2) is 4.68 Å². The predicted octanol–water partition coefficient (Wildman–Crippen LogP) is 2.71. The summed E-state index contributed by atoms with van der Waals surface area (Å²) in [7, 11) is 1.81. The number of nitrogens with zero attached hydrogens (tertiary/aromatic N) is 3. The molecule has 0 aliphatic carbocycles. The highest BCUT2D eigenvalue weighted by molar-refractivity contribution is 5.95. The van der Waals surface area contributed by atoms with E-state index in [1.54, 1.807) is 9.36 Å². The summed E-state index contributed by atoms with van der Waals surface area (Å²) in [6.07, 6.45) is 0. The summed E-state index contributed by atoms with van der Waals surface area (Å²) in [5, 5.41) is 2.88. The molecule has 3 aromatic rings. The van der Waals surface area contributed by atoms with E-state index in [0.717, 1.165) is 17.0 Å². The van der Waals surface area contributed by atoms with Crippen LogP contribution in [-0.4, -0.2) is 39.4 Å². The molecule has 1 amide bonds. The Hall–Kier alpha value is -3.32. The SMILES string of the molecule is Cc1c(NC(=O)C(C)N2CCOc3ccccc3C2)c(=O)n(-c2ccccc2)n1C. The number of para-hydroxylation sites is 2. The van der Waals surface area contributed by atoms with Crippen LogP contribution in [0.5, 0.6) is 5.75 Å². The van der Waals surface area contributed by atoms with E-state index in [0.29, 0.717) is 31.1 Å². The van der Waals surface area contributed by atoms with Crippen LogP contribution in [0.15, 0.2) is 59.4 Å². The van der Waals surface area contributed by atoms with E-state index in [1.165, 1.54) is 0 Å². The fraction of sp³-hybridized carbons (Fsp3) is 0.304. The lowest BCUT2D eigenvalue weighted by atomic mass is 10.1. The number of anilines is 1. The van der Waals surface area contributed by atoms with Crippen LogP contribution in [0.4, 0.5) is 5.69 Å². The minimum absolute atomic E-state index is 0.208. The van der Waals surface area contributed by atoms with Gasteiger partial charge in [0, 0.05) is 25.7 Å². The van der Waals surface area contributed by atoms with Gasteiger partial charge in [0.15, 0.2) is 0 Å². The molecule has 4 rings (SSSR count). The minimum Gasteiger partial charge on any atom is -0.492 e. The minimum atomic E-state index is -0.413. The van der Waals surface area contributed by atoms with Crippen LogP contribution in [0.1, 0.15) is 18.2 Å². The van der Waals surface area contributed by atoms with Crippen LogP contribution in [-0.2, 0) is 18.4 Å². The lowest BCUT2D eigenvalue weighted by Crippen LogP contribution is -2.43. The Morgan fingerprint density at radius 2 is 1.80 bits per heavy atom. The van der Waals surface area contributed by atoms with Crippen molar-refractivity contribution in [2.24, 2.45) is 7.05 Å². The van der Waals surface area contributed by atoms with Crippen molar-refractivity contribution >= 4 is 11.6 Å². The zero-order valence-corrected chi connectivity index (χ0v) is 17.5. The normalized spacial score (nSPS) is 15.0. The topological polar surface area (TPSA) is 68.5 Å². The zero-order chi connectivity index (χ0) is 21.3. The standard InChI is InChI=1S/C23H26N4O3/c1-16-21(23(29)27(25(16)3)19-10-5-4-6-11-19)24-22(28)17(2)26-13-14-30-20-12-8-7-9-18(20)15-26/h4-12,17H,13-15H2,1-3H3,(H,24,28). The quantitative estimate of drug-likeness (QED) is 0.723. The molecule has 1 aliphatic heterocycles. The van der Waals surface area contributed by atoms with Gasteiger partial charge in [-0.2, -0.15) is 0 Å². The van der Waals surface area contributed by atoms with Gasteiger partial charge < -0.3 is 10.1 Å². The maximum absolute atomic E-state index is 13.1. The average Bonchev–Trinajstić information content (AvgIpc) is 2.92. The molecular weight excluding hydrogens is 380 g/mol. The van der Waals surface area contributed by atoms with Gasteiger partial charge in [-0.1, -0.05) is 36.4 Å².